The number of amides is 2. The Labute approximate surface area is 149 Å². The Morgan fingerprint density at radius 3 is 2.76 bits per heavy atom. The smallest absolute Gasteiger partial charge is 0.238 e. The first-order valence-corrected chi connectivity index (χ1v) is 8.57. The summed E-state index contributed by atoms with van der Waals surface area (Å²) in [6.45, 7) is 0. The van der Waals surface area contributed by atoms with E-state index in [2.05, 4.69) is 10.6 Å². The summed E-state index contributed by atoms with van der Waals surface area (Å²) in [5.41, 5.74) is 1.32. The third-order valence-corrected chi connectivity index (χ3v) is 5.04. The number of hydrogen-bond donors (Lipinski definition) is 2. The van der Waals surface area contributed by atoms with Crippen LogP contribution in [0.1, 0.15) is 6.42 Å². The van der Waals surface area contributed by atoms with Crippen LogP contribution in [0.15, 0.2) is 47.4 Å². The molecule has 1 heterocycles. The van der Waals surface area contributed by atoms with E-state index in [1.165, 1.54) is 18.9 Å². The molecule has 2 amide bonds. The van der Waals surface area contributed by atoms with Gasteiger partial charge in [0, 0.05) is 17.4 Å². The van der Waals surface area contributed by atoms with Gasteiger partial charge in [-0.25, -0.2) is 0 Å². The van der Waals surface area contributed by atoms with Gasteiger partial charge in [-0.3, -0.25) is 9.59 Å². The van der Waals surface area contributed by atoms with Crippen LogP contribution in [0.5, 0.6) is 11.5 Å². The molecule has 130 valence electrons. The average molecular weight is 358 g/mol. The van der Waals surface area contributed by atoms with E-state index in [4.69, 9.17) is 9.47 Å². The summed E-state index contributed by atoms with van der Waals surface area (Å²) in [5, 5.41) is 5.15. The van der Waals surface area contributed by atoms with Crippen molar-refractivity contribution in [3.8, 4) is 11.5 Å². The minimum absolute atomic E-state index is 0.0695. The number of methoxy groups -OCH3 is 2. The Hall–Kier alpha value is -2.67. The molecule has 1 aliphatic heterocycles. The van der Waals surface area contributed by atoms with Crippen LogP contribution in [0.4, 0.5) is 11.4 Å². The molecule has 0 aromatic heterocycles. The zero-order valence-electron chi connectivity index (χ0n) is 13.9. The molecule has 25 heavy (non-hydrogen) atoms. The van der Waals surface area contributed by atoms with E-state index < -0.39 is 5.25 Å². The van der Waals surface area contributed by atoms with Crippen LogP contribution in [-0.4, -0.2) is 31.3 Å². The molecular formula is C18H18N2O4S. The molecule has 1 unspecified atom stereocenters. The van der Waals surface area contributed by atoms with Crippen LogP contribution in [0.2, 0.25) is 0 Å². The molecule has 2 N–H and O–H groups in total. The lowest BCUT2D eigenvalue weighted by Gasteiger charge is -2.23. The second-order valence-electron chi connectivity index (χ2n) is 5.41. The molecule has 2 aromatic rings. The first kappa shape index (κ1) is 17.2. The van der Waals surface area contributed by atoms with Gasteiger partial charge in [-0.2, -0.15) is 0 Å². The number of hydrogen-bond acceptors (Lipinski definition) is 5. The van der Waals surface area contributed by atoms with Crippen LogP contribution in [0.3, 0.4) is 0 Å². The Morgan fingerprint density at radius 2 is 2.00 bits per heavy atom. The molecule has 1 atom stereocenters. The number of para-hydroxylation sites is 1. The van der Waals surface area contributed by atoms with Crippen molar-refractivity contribution in [2.24, 2.45) is 0 Å². The zero-order chi connectivity index (χ0) is 17.8. The number of rotatable bonds is 5. The lowest BCUT2D eigenvalue weighted by molar-refractivity contribution is -0.120. The Balaban J connectivity index is 1.68. The van der Waals surface area contributed by atoms with Gasteiger partial charge in [-0.1, -0.05) is 12.1 Å². The molecule has 3 rings (SSSR count). The first-order valence-electron chi connectivity index (χ1n) is 7.69. The summed E-state index contributed by atoms with van der Waals surface area (Å²) >= 11 is 1.40. The van der Waals surface area contributed by atoms with E-state index in [0.717, 1.165) is 10.6 Å². The van der Waals surface area contributed by atoms with E-state index in [0.29, 0.717) is 17.2 Å². The quantitative estimate of drug-likeness (QED) is 0.859. The highest BCUT2D eigenvalue weighted by Gasteiger charge is 2.29. The summed E-state index contributed by atoms with van der Waals surface area (Å²) in [6.07, 6.45) is 0.0695. The van der Waals surface area contributed by atoms with Crippen LogP contribution in [0.25, 0.3) is 0 Å². The molecule has 2 aromatic carbocycles. The van der Waals surface area contributed by atoms with Gasteiger partial charge in [0.25, 0.3) is 0 Å². The molecule has 0 bridgehead atoms. The third kappa shape index (κ3) is 3.88. The van der Waals surface area contributed by atoms with Crippen LogP contribution < -0.4 is 20.1 Å². The maximum Gasteiger partial charge on any atom is 0.238 e. The van der Waals surface area contributed by atoms with Crippen LogP contribution in [0, 0.1) is 0 Å². The van der Waals surface area contributed by atoms with Gasteiger partial charge in [-0.05, 0) is 24.3 Å². The van der Waals surface area contributed by atoms with Gasteiger partial charge < -0.3 is 20.1 Å². The van der Waals surface area contributed by atoms with Crippen molar-refractivity contribution < 1.29 is 19.1 Å². The van der Waals surface area contributed by atoms with Gasteiger partial charge in [0.2, 0.25) is 11.8 Å². The number of benzene rings is 2. The van der Waals surface area contributed by atoms with Crippen molar-refractivity contribution in [2.75, 3.05) is 24.9 Å². The highest BCUT2D eigenvalue weighted by molar-refractivity contribution is 8.01. The van der Waals surface area contributed by atoms with Crippen molar-refractivity contribution >= 4 is 35.0 Å². The fourth-order valence-electron chi connectivity index (χ4n) is 2.50. The second kappa shape index (κ2) is 7.48. The molecule has 0 saturated carbocycles. The molecule has 6 nitrogen and oxygen atoms in total. The van der Waals surface area contributed by atoms with Gasteiger partial charge in [0.05, 0.1) is 30.8 Å². The van der Waals surface area contributed by atoms with E-state index in [-0.39, 0.29) is 18.2 Å². The Bertz CT molecular complexity index is 809. The lowest BCUT2D eigenvalue weighted by atomic mass is 10.2. The second-order valence-corrected chi connectivity index (χ2v) is 6.65. The summed E-state index contributed by atoms with van der Waals surface area (Å²) < 4.78 is 10.4. The summed E-state index contributed by atoms with van der Waals surface area (Å²) in [5.74, 6) is 0.712. The predicted octanol–water partition coefficient (Wildman–Crippen LogP) is 3.15. The third-order valence-electron chi connectivity index (χ3n) is 3.76. The number of fused-ring (bicyclic) bond motifs is 1. The van der Waals surface area contributed by atoms with E-state index in [9.17, 15) is 9.59 Å². The largest absolute Gasteiger partial charge is 0.497 e. The fourth-order valence-corrected chi connectivity index (χ4v) is 3.61. The molecule has 1 aliphatic rings. The van der Waals surface area contributed by atoms with Crippen molar-refractivity contribution in [1.29, 1.82) is 0 Å². The first-order chi connectivity index (χ1) is 12.1. The van der Waals surface area contributed by atoms with Crippen LogP contribution >= 0.6 is 11.8 Å². The Morgan fingerprint density at radius 1 is 1.20 bits per heavy atom. The number of anilines is 2. The van der Waals surface area contributed by atoms with Crippen molar-refractivity contribution in [3.63, 3.8) is 0 Å². The SMILES string of the molecule is COc1ccc(NC(=O)CC2Sc3ccccc3NC2=O)c(OC)c1. The van der Waals surface area contributed by atoms with E-state index in [1.54, 1.807) is 25.3 Å². The molecule has 0 radical (unpaired) electrons. The summed E-state index contributed by atoms with van der Waals surface area (Å²) in [7, 11) is 3.08. The lowest BCUT2D eigenvalue weighted by Crippen LogP contribution is -2.32. The number of ether oxygens (including phenoxy) is 2. The molecule has 0 fully saturated rings. The van der Waals surface area contributed by atoms with Gasteiger partial charge in [0.15, 0.2) is 0 Å². The van der Waals surface area contributed by atoms with Gasteiger partial charge in [-0.15, -0.1) is 11.8 Å². The van der Waals surface area contributed by atoms with Crippen molar-refractivity contribution in [1.82, 2.24) is 0 Å². The van der Waals surface area contributed by atoms with Gasteiger partial charge >= 0.3 is 0 Å². The van der Waals surface area contributed by atoms with Crippen molar-refractivity contribution in [3.05, 3.63) is 42.5 Å². The van der Waals surface area contributed by atoms with E-state index >= 15 is 0 Å². The summed E-state index contributed by atoms with van der Waals surface area (Å²) in [6, 6.07) is 12.7. The van der Waals surface area contributed by atoms with Crippen LogP contribution in [-0.2, 0) is 9.59 Å². The Kier molecular flexibility index (Phi) is 5.14. The zero-order valence-corrected chi connectivity index (χ0v) is 14.7. The molecular weight excluding hydrogens is 340 g/mol. The predicted molar refractivity (Wildman–Crippen MR) is 97.5 cm³/mol. The molecule has 7 heteroatoms. The molecule has 0 spiro atoms. The normalized spacial score (nSPS) is 15.8. The minimum Gasteiger partial charge on any atom is -0.497 e. The monoisotopic (exact) mass is 358 g/mol. The number of carbonyl (C=O) groups excluding carboxylic acids is 2. The van der Waals surface area contributed by atoms with Gasteiger partial charge in [0.1, 0.15) is 11.5 Å². The number of nitrogens with one attached hydrogen (secondary N) is 2. The molecule has 0 saturated heterocycles. The highest BCUT2D eigenvalue weighted by atomic mass is 32.2. The highest BCUT2D eigenvalue weighted by Crippen LogP contribution is 2.37. The standard InChI is InChI=1S/C18H18N2O4S/c1-23-11-7-8-12(14(9-11)24-2)19-17(21)10-16-18(22)20-13-5-3-4-6-15(13)25-16/h3-9,16H,10H2,1-2H3,(H,19,21)(H,20,22). The maximum absolute atomic E-state index is 12.4. The fraction of sp³-hybridized carbons (Fsp3) is 0.222. The minimum atomic E-state index is -0.473. The topological polar surface area (TPSA) is 76.7 Å². The van der Waals surface area contributed by atoms with E-state index in [1.807, 2.05) is 24.3 Å². The number of carbonyl (C=O) groups is 2. The average Bonchev–Trinajstić information content (AvgIpc) is 2.62. The van der Waals surface area contributed by atoms with Crippen molar-refractivity contribution in [2.45, 2.75) is 16.6 Å². The number of thioether (sulfide) groups is 1. The molecule has 0 aliphatic carbocycles. The summed E-state index contributed by atoms with van der Waals surface area (Å²) in [4.78, 5) is 25.5. The maximum atomic E-state index is 12.4.